The van der Waals surface area contributed by atoms with E-state index in [0.717, 1.165) is 52.7 Å². The quantitative estimate of drug-likeness (QED) is 0.0898. The number of likely N-dealkylation sites (tertiary alicyclic amines) is 1. The van der Waals surface area contributed by atoms with Crippen LogP contribution in [0.1, 0.15) is 42.1 Å². The fraction of sp³-hybridized carbons (Fsp3) is 0.302. The van der Waals surface area contributed by atoms with Crippen molar-refractivity contribution >= 4 is 40.2 Å². The van der Waals surface area contributed by atoms with Crippen LogP contribution in [0.3, 0.4) is 0 Å². The molecule has 0 aliphatic carbocycles. The number of aliphatic carboxylic acids is 1. The number of alkyl halides is 3. The van der Waals surface area contributed by atoms with Crippen LogP contribution in [0.2, 0.25) is 0 Å². The predicted octanol–water partition coefficient (Wildman–Crippen LogP) is 5.38. The highest BCUT2D eigenvalue weighted by Gasteiger charge is 2.29. The maximum absolute atomic E-state index is 13.0. The Morgan fingerprint density at radius 1 is 0.915 bits per heavy atom. The smallest absolute Gasteiger partial charge is 0.430 e. The zero-order chi connectivity index (χ0) is 42.7. The van der Waals surface area contributed by atoms with Crippen molar-refractivity contribution in [1.29, 1.82) is 0 Å². The van der Waals surface area contributed by atoms with Gasteiger partial charge < -0.3 is 45.0 Å². The van der Waals surface area contributed by atoms with E-state index in [1.54, 1.807) is 12.1 Å². The number of nitrogens with one attached hydrogen (secondary N) is 4. The second kappa shape index (κ2) is 19.5. The van der Waals surface area contributed by atoms with Gasteiger partial charge in [-0.1, -0.05) is 60.7 Å². The lowest BCUT2D eigenvalue weighted by atomic mass is 9.99. The topological polar surface area (TPSA) is 193 Å². The molecule has 5 aromatic rings. The van der Waals surface area contributed by atoms with Gasteiger partial charge in [-0.25, -0.2) is 4.79 Å². The van der Waals surface area contributed by atoms with Crippen molar-refractivity contribution in [2.45, 2.75) is 50.6 Å². The molecule has 1 aliphatic heterocycles. The minimum atomic E-state index is -5.19. The van der Waals surface area contributed by atoms with E-state index in [4.69, 9.17) is 14.6 Å². The number of ether oxygens (including phenoxy) is 1. The number of carboxylic acid groups (broad SMARTS) is 1. The van der Waals surface area contributed by atoms with Crippen molar-refractivity contribution in [3.05, 3.63) is 124 Å². The van der Waals surface area contributed by atoms with Gasteiger partial charge in [0.25, 0.3) is 0 Å². The summed E-state index contributed by atoms with van der Waals surface area (Å²) in [6.45, 7) is 2.66. The number of anilines is 2. The van der Waals surface area contributed by atoms with Crippen LogP contribution in [-0.4, -0.2) is 83.7 Å². The van der Waals surface area contributed by atoms with E-state index in [-0.39, 0.29) is 36.3 Å². The first-order chi connectivity index (χ1) is 28.0. The van der Waals surface area contributed by atoms with Gasteiger partial charge in [0.1, 0.15) is 17.8 Å². The Morgan fingerprint density at radius 3 is 2.24 bits per heavy atom. The van der Waals surface area contributed by atoms with E-state index < -0.39 is 24.3 Å². The Labute approximate surface area is 338 Å². The van der Waals surface area contributed by atoms with E-state index in [1.165, 1.54) is 12.1 Å². The highest BCUT2D eigenvalue weighted by molar-refractivity contribution is 5.93. The number of H-pyrrole nitrogens is 1. The van der Waals surface area contributed by atoms with Gasteiger partial charge in [0, 0.05) is 55.1 Å². The van der Waals surface area contributed by atoms with Crippen molar-refractivity contribution in [2.24, 2.45) is 0 Å². The SMILES string of the molecule is C[N+]1(C)CCC(OC(=O)Nc2cc(CCC(=O)Nc3ccc(CNCC(O)c4ccc(O)c5[nH]c(=O)ccc45)cc3)ccc2-c2ccccc2)CC1.O=C([O-])C(F)(F)F. The number of carboxylic acids is 1. The zero-order valence-electron chi connectivity index (χ0n) is 32.5. The van der Waals surface area contributed by atoms with Gasteiger partial charge in [0.15, 0.2) is 0 Å². The molecule has 6 rings (SSSR count). The van der Waals surface area contributed by atoms with Crippen LogP contribution >= 0.6 is 0 Å². The molecule has 1 atom stereocenters. The van der Waals surface area contributed by atoms with E-state index in [0.29, 0.717) is 40.8 Å². The van der Waals surface area contributed by atoms with Crippen molar-refractivity contribution in [3.63, 3.8) is 0 Å². The Balaban J connectivity index is 0.000000867. The number of nitrogens with zero attached hydrogens (tertiary/aromatic N) is 1. The van der Waals surface area contributed by atoms with Crippen LogP contribution in [0.25, 0.3) is 22.0 Å². The molecule has 16 heteroatoms. The minimum absolute atomic E-state index is 0.0554. The number of aliphatic hydroxyl groups excluding tert-OH is 1. The summed E-state index contributed by atoms with van der Waals surface area (Å²) in [5.74, 6) is -3.19. The van der Waals surface area contributed by atoms with Gasteiger partial charge in [-0.15, -0.1) is 0 Å². The van der Waals surface area contributed by atoms with Crippen molar-refractivity contribution in [2.75, 3.05) is 44.4 Å². The summed E-state index contributed by atoms with van der Waals surface area (Å²) in [6.07, 6.45) is -4.24. The molecule has 13 nitrogen and oxygen atoms in total. The number of aromatic hydroxyl groups is 1. The third-order valence-electron chi connectivity index (χ3n) is 9.83. The van der Waals surface area contributed by atoms with E-state index in [9.17, 15) is 37.8 Å². The van der Waals surface area contributed by atoms with Crippen LogP contribution in [0.5, 0.6) is 5.75 Å². The minimum Gasteiger partial charge on any atom is -0.542 e. The van der Waals surface area contributed by atoms with Gasteiger partial charge in [0.05, 0.1) is 44.5 Å². The molecule has 0 radical (unpaired) electrons. The summed E-state index contributed by atoms with van der Waals surface area (Å²) in [5, 5.41) is 39.5. The molecule has 0 bridgehead atoms. The van der Waals surface area contributed by atoms with E-state index in [1.807, 2.05) is 72.8 Å². The Bertz CT molecular complexity index is 2290. The van der Waals surface area contributed by atoms with Crippen molar-refractivity contribution < 1.29 is 52.1 Å². The number of aromatic amines is 1. The number of quaternary nitrogens is 1. The number of fused-ring (bicyclic) bond motifs is 1. The molecule has 1 aliphatic rings. The van der Waals surface area contributed by atoms with Crippen molar-refractivity contribution in [1.82, 2.24) is 10.3 Å². The number of aryl methyl sites for hydroxylation is 1. The first kappa shape index (κ1) is 43.9. The van der Waals surface area contributed by atoms with Crippen LogP contribution in [0.15, 0.2) is 102 Å². The van der Waals surface area contributed by atoms with E-state index in [2.05, 4.69) is 35.0 Å². The summed E-state index contributed by atoms with van der Waals surface area (Å²) in [7, 11) is 4.38. The molecule has 1 unspecified atom stereocenters. The molecule has 4 aromatic carbocycles. The average Bonchev–Trinajstić information content (AvgIpc) is 3.19. The zero-order valence-corrected chi connectivity index (χ0v) is 32.5. The van der Waals surface area contributed by atoms with Crippen LogP contribution < -0.4 is 26.6 Å². The Morgan fingerprint density at radius 2 is 1.58 bits per heavy atom. The molecule has 1 saturated heterocycles. The molecule has 1 aromatic heterocycles. The number of benzene rings is 4. The van der Waals surface area contributed by atoms with Gasteiger partial charge >= 0.3 is 12.3 Å². The molecule has 6 N–H and O–H groups in total. The average molecular weight is 818 g/mol. The van der Waals surface area contributed by atoms with Crippen LogP contribution in [0.4, 0.5) is 29.3 Å². The number of rotatable bonds is 12. The number of phenols is 1. The monoisotopic (exact) mass is 817 g/mol. The number of aliphatic hydroxyl groups is 1. The molecule has 2 heterocycles. The lowest BCUT2D eigenvalue weighted by Crippen LogP contribution is -2.48. The second-order valence-corrected chi connectivity index (χ2v) is 14.8. The fourth-order valence-corrected chi connectivity index (χ4v) is 6.57. The number of piperidine rings is 1. The third kappa shape index (κ3) is 12.9. The third-order valence-corrected chi connectivity index (χ3v) is 9.83. The number of halogens is 3. The summed E-state index contributed by atoms with van der Waals surface area (Å²) in [4.78, 5) is 49.0. The summed E-state index contributed by atoms with van der Waals surface area (Å²) >= 11 is 0. The maximum atomic E-state index is 13.0. The first-order valence-corrected chi connectivity index (χ1v) is 18.9. The van der Waals surface area contributed by atoms with Crippen LogP contribution in [-0.2, 0) is 27.3 Å². The molecular weight excluding hydrogens is 771 g/mol. The van der Waals surface area contributed by atoms with Crippen LogP contribution in [0, 0.1) is 0 Å². The summed E-state index contributed by atoms with van der Waals surface area (Å²) in [5.41, 5.74) is 5.60. The molecule has 312 valence electrons. The fourth-order valence-electron chi connectivity index (χ4n) is 6.57. The van der Waals surface area contributed by atoms with Crippen molar-refractivity contribution in [3.8, 4) is 16.9 Å². The summed E-state index contributed by atoms with van der Waals surface area (Å²) < 4.78 is 38.3. The van der Waals surface area contributed by atoms with Gasteiger partial charge in [-0.2, -0.15) is 13.2 Å². The standard InChI is InChI=1S/C41H45N5O6.C2HF3O2/c1-46(2)22-20-31(21-23-46)52-41(51)44-35-24-27(10-14-32(35)29-6-4-3-5-7-29)11-18-38(49)43-30-12-8-28(9-13-30)25-42-26-37(48)33-15-17-36(47)40-34(33)16-19-39(50)45-40;3-2(4,5)1(6)7/h3-10,12-17,19,24,31,37,42,48H,11,18,20-23,25-26H2,1-2H3,(H3-,43,44,45,47,49,50,51);(H,6,7). The number of phenolic OH excluding ortho intramolecular Hbond substituents is 1. The van der Waals surface area contributed by atoms with Gasteiger partial charge in [-0.05, 0) is 59.0 Å². The number of aromatic nitrogens is 1. The predicted molar refractivity (Wildman–Crippen MR) is 214 cm³/mol. The van der Waals surface area contributed by atoms with E-state index >= 15 is 0 Å². The molecule has 1 fully saturated rings. The van der Waals surface area contributed by atoms with Gasteiger partial charge in [0.2, 0.25) is 11.5 Å². The molecule has 0 spiro atoms. The number of hydrogen-bond donors (Lipinski definition) is 6. The summed E-state index contributed by atoms with van der Waals surface area (Å²) in [6, 6.07) is 29.3. The largest absolute Gasteiger partial charge is 0.542 e. The number of amides is 2. The lowest BCUT2D eigenvalue weighted by molar-refractivity contribution is -0.896. The number of carbonyl (C=O) groups is 3. The number of carbonyl (C=O) groups excluding carboxylic acids is 3. The molecule has 0 saturated carbocycles. The highest BCUT2D eigenvalue weighted by Crippen LogP contribution is 2.31. The second-order valence-electron chi connectivity index (χ2n) is 14.8. The highest BCUT2D eigenvalue weighted by atomic mass is 19.4. The van der Waals surface area contributed by atoms with Gasteiger partial charge in [-0.3, -0.25) is 14.9 Å². The Hall–Kier alpha value is -6.23. The molecular formula is C43H46F3N5O8. The maximum Gasteiger partial charge on any atom is 0.430 e. The normalized spacial score (nSPS) is 14.4. The Kier molecular flexibility index (Phi) is 14.5. The number of hydrogen-bond acceptors (Lipinski definition) is 9. The molecule has 59 heavy (non-hydrogen) atoms. The molecule has 2 amide bonds. The first-order valence-electron chi connectivity index (χ1n) is 18.9. The lowest BCUT2D eigenvalue weighted by Gasteiger charge is -2.36. The number of pyridine rings is 1.